The second-order valence-electron chi connectivity index (χ2n) is 2.20. The second kappa shape index (κ2) is 4.44. The summed E-state index contributed by atoms with van der Waals surface area (Å²) < 4.78 is 4.74. The van der Waals surface area contributed by atoms with Crippen LogP contribution in [-0.2, 0) is 4.74 Å². The summed E-state index contributed by atoms with van der Waals surface area (Å²) in [5.41, 5.74) is 0.191. The number of pyridine rings is 1. The van der Waals surface area contributed by atoms with Gasteiger partial charge in [0.05, 0.1) is 22.2 Å². The Balaban J connectivity index is 3.01. The second-order valence-corrected chi connectivity index (χ2v) is 2.99. The molecule has 0 amide bonds. The molecule has 1 aromatic heterocycles. The fraction of sp³-hybridized carbons (Fsp3) is 0.250. The van der Waals surface area contributed by atoms with Gasteiger partial charge in [0.2, 0.25) is 0 Å². The first kappa shape index (κ1) is 10.3. The average molecular weight is 220 g/mol. The van der Waals surface area contributed by atoms with E-state index in [1.54, 1.807) is 6.92 Å². The van der Waals surface area contributed by atoms with Gasteiger partial charge in [-0.15, -0.1) is 0 Å². The highest BCUT2D eigenvalue weighted by molar-refractivity contribution is 6.43. The van der Waals surface area contributed by atoms with Gasteiger partial charge in [0.15, 0.2) is 0 Å². The van der Waals surface area contributed by atoms with Gasteiger partial charge in [-0.1, -0.05) is 23.2 Å². The number of hydrogen-bond donors (Lipinski definition) is 0. The van der Waals surface area contributed by atoms with Gasteiger partial charge in [-0.2, -0.15) is 0 Å². The highest BCUT2D eigenvalue weighted by Crippen LogP contribution is 2.24. The van der Waals surface area contributed by atoms with Crippen molar-refractivity contribution in [3.63, 3.8) is 0 Å². The monoisotopic (exact) mass is 219 g/mol. The van der Waals surface area contributed by atoms with Crippen LogP contribution in [0.2, 0.25) is 10.0 Å². The van der Waals surface area contributed by atoms with Crippen molar-refractivity contribution in [1.29, 1.82) is 0 Å². The number of carbonyl (C=O) groups is 1. The molecular weight excluding hydrogens is 213 g/mol. The number of aromatic nitrogens is 1. The van der Waals surface area contributed by atoms with Crippen LogP contribution in [0.3, 0.4) is 0 Å². The summed E-state index contributed by atoms with van der Waals surface area (Å²) in [4.78, 5) is 14.9. The predicted octanol–water partition coefficient (Wildman–Crippen LogP) is 2.57. The number of hydrogen-bond acceptors (Lipinski definition) is 3. The quantitative estimate of drug-likeness (QED) is 0.719. The highest BCUT2D eigenvalue weighted by Gasteiger charge is 2.13. The Bertz CT molecular complexity index is 328. The maximum absolute atomic E-state index is 11.2. The molecule has 1 aromatic rings. The lowest BCUT2D eigenvalue weighted by Crippen LogP contribution is -2.05. The van der Waals surface area contributed by atoms with E-state index >= 15 is 0 Å². The van der Waals surface area contributed by atoms with E-state index < -0.39 is 5.97 Å². The molecule has 0 radical (unpaired) electrons. The summed E-state index contributed by atoms with van der Waals surface area (Å²) in [6.07, 6.45) is 2.69. The first-order chi connectivity index (χ1) is 6.16. The van der Waals surface area contributed by atoms with Crippen molar-refractivity contribution in [1.82, 2.24) is 4.98 Å². The normalized spacial score (nSPS) is 9.77. The van der Waals surface area contributed by atoms with Gasteiger partial charge in [0.1, 0.15) is 0 Å². The lowest BCUT2D eigenvalue weighted by atomic mass is 10.3. The fourth-order valence-corrected chi connectivity index (χ4v) is 1.10. The summed E-state index contributed by atoms with van der Waals surface area (Å²) in [6, 6.07) is 0. The molecule has 0 unspecified atom stereocenters. The SMILES string of the molecule is CCOC(=O)c1cncc(Cl)c1Cl. The van der Waals surface area contributed by atoms with Crippen molar-refractivity contribution in [3.05, 3.63) is 28.0 Å². The number of halogens is 2. The minimum atomic E-state index is -0.512. The molecule has 3 nitrogen and oxygen atoms in total. The molecule has 0 saturated heterocycles. The van der Waals surface area contributed by atoms with Crippen LogP contribution in [0, 0.1) is 0 Å². The smallest absolute Gasteiger partial charge is 0.341 e. The minimum Gasteiger partial charge on any atom is -0.462 e. The number of nitrogens with zero attached hydrogens (tertiary/aromatic N) is 1. The molecule has 1 heterocycles. The van der Waals surface area contributed by atoms with Gasteiger partial charge >= 0.3 is 5.97 Å². The number of ether oxygens (including phenoxy) is 1. The van der Waals surface area contributed by atoms with E-state index in [0.29, 0.717) is 6.61 Å². The van der Waals surface area contributed by atoms with E-state index in [2.05, 4.69) is 4.98 Å². The summed E-state index contributed by atoms with van der Waals surface area (Å²) in [5, 5.41) is 0.419. The molecule has 70 valence electrons. The molecular formula is C8H7Cl2NO2. The average Bonchev–Trinajstić information content (AvgIpc) is 2.10. The fourth-order valence-electron chi connectivity index (χ4n) is 0.770. The Morgan fingerprint density at radius 2 is 2.23 bits per heavy atom. The van der Waals surface area contributed by atoms with Crippen molar-refractivity contribution < 1.29 is 9.53 Å². The van der Waals surface area contributed by atoms with Crippen LogP contribution in [0.15, 0.2) is 12.4 Å². The van der Waals surface area contributed by atoms with Crippen LogP contribution in [0.1, 0.15) is 17.3 Å². The Morgan fingerprint density at radius 1 is 1.54 bits per heavy atom. The Kier molecular flexibility index (Phi) is 3.51. The Labute approximate surface area is 85.6 Å². The Hall–Kier alpha value is -0.800. The third-order valence-electron chi connectivity index (χ3n) is 1.33. The molecule has 5 heteroatoms. The van der Waals surface area contributed by atoms with E-state index in [0.717, 1.165) is 0 Å². The molecule has 0 fully saturated rings. The Morgan fingerprint density at radius 3 is 2.85 bits per heavy atom. The molecule has 1 rings (SSSR count). The van der Waals surface area contributed by atoms with E-state index in [9.17, 15) is 4.79 Å². The van der Waals surface area contributed by atoms with Crippen LogP contribution < -0.4 is 0 Å². The number of carbonyl (C=O) groups excluding carboxylic acids is 1. The van der Waals surface area contributed by atoms with Crippen LogP contribution in [0.25, 0.3) is 0 Å². The van der Waals surface area contributed by atoms with Crippen LogP contribution in [0.4, 0.5) is 0 Å². The summed E-state index contributed by atoms with van der Waals surface area (Å²) in [6.45, 7) is 2.01. The standard InChI is InChI=1S/C8H7Cl2NO2/c1-2-13-8(12)5-3-11-4-6(9)7(5)10/h3-4H,2H2,1H3. The van der Waals surface area contributed by atoms with Gasteiger partial charge in [0.25, 0.3) is 0 Å². The van der Waals surface area contributed by atoms with Gasteiger partial charge in [0, 0.05) is 12.4 Å². The molecule has 0 N–H and O–H groups in total. The van der Waals surface area contributed by atoms with Crippen molar-refractivity contribution in [3.8, 4) is 0 Å². The van der Waals surface area contributed by atoms with Crippen molar-refractivity contribution in [2.75, 3.05) is 6.61 Å². The molecule has 13 heavy (non-hydrogen) atoms. The van der Waals surface area contributed by atoms with E-state index in [4.69, 9.17) is 27.9 Å². The van der Waals surface area contributed by atoms with Crippen LogP contribution in [-0.4, -0.2) is 17.6 Å². The molecule has 0 spiro atoms. The molecule has 0 atom stereocenters. The zero-order chi connectivity index (χ0) is 9.84. The van der Waals surface area contributed by atoms with Gasteiger partial charge in [-0.25, -0.2) is 4.79 Å². The van der Waals surface area contributed by atoms with Gasteiger partial charge in [-0.05, 0) is 6.92 Å². The molecule has 0 saturated carbocycles. The maximum atomic E-state index is 11.2. The minimum absolute atomic E-state index is 0.176. The van der Waals surface area contributed by atoms with Crippen LogP contribution >= 0.6 is 23.2 Å². The molecule has 0 aliphatic rings. The molecule has 0 aromatic carbocycles. The van der Waals surface area contributed by atoms with E-state index in [-0.39, 0.29) is 15.6 Å². The van der Waals surface area contributed by atoms with Crippen molar-refractivity contribution >= 4 is 29.2 Å². The summed E-state index contributed by atoms with van der Waals surface area (Å²) in [7, 11) is 0. The van der Waals surface area contributed by atoms with E-state index in [1.165, 1.54) is 12.4 Å². The molecule has 0 aliphatic carbocycles. The van der Waals surface area contributed by atoms with Gasteiger partial charge < -0.3 is 4.74 Å². The zero-order valence-electron chi connectivity index (χ0n) is 6.88. The summed E-state index contributed by atoms with van der Waals surface area (Å²) in [5.74, 6) is -0.512. The molecule has 0 aliphatic heterocycles. The summed E-state index contributed by atoms with van der Waals surface area (Å²) >= 11 is 11.4. The third-order valence-corrected chi connectivity index (χ3v) is 2.12. The van der Waals surface area contributed by atoms with E-state index in [1.807, 2.05) is 0 Å². The maximum Gasteiger partial charge on any atom is 0.341 e. The predicted molar refractivity (Wildman–Crippen MR) is 50.2 cm³/mol. The number of rotatable bonds is 2. The third kappa shape index (κ3) is 2.32. The number of esters is 1. The zero-order valence-corrected chi connectivity index (χ0v) is 8.39. The van der Waals surface area contributed by atoms with Crippen molar-refractivity contribution in [2.24, 2.45) is 0 Å². The lowest BCUT2D eigenvalue weighted by molar-refractivity contribution is 0.0526. The van der Waals surface area contributed by atoms with Gasteiger partial charge in [-0.3, -0.25) is 4.98 Å². The first-order valence-electron chi connectivity index (χ1n) is 3.63. The molecule has 0 bridgehead atoms. The first-order valence-corrected chi connectivity index (χ1v) is 4.38. The van der Waals surface area contributed by atoms with Crippen molar-refractivity contribution in [2.45, 2.75) is 6.92 Å². The largest absolute Gasteiger partial charge is 0.462 e. The highest BCUT2D eigenvalue weighted by atomic mass is 35.5. The topological polar surface area (TPSA) is 39.2 Å². The lowest BCUT2D eigenvalue weighted by Gasteiger charge is -2.03. The van der Waals surface area contributed by atoms with Crippen LogP contribution in [0.5, 0.6) is 0 Å².